The number of aliphatic hydroxyl groups is 1. The average Bonchev–Trinajstić information content (AvgIpc) is 2.29. The third kappa shape index (κ3) is 3.64. The van der Waals surface area contributed by atoms with Crippen LogP contribution in [-0.2, 0) is 4.79 Å². The summed E-state index contributed by atoms with van der Waals surface area (Å²) in [6.45, 7) is 4.74. The van der Waals surface area contributed by atoms with Crippen molar-refractivity contribution in [3.8, 4) is 0 Å². The highest BCUT2D eigenvalue weighted by Gasteiger charge is 2.24. The lowest BCUT2D eigenvalue weighted by Gasteiger charge is -2.29. The molecule has 3 N–H and O–H groups in total. The number of carbonyl (C=O) groups is 1. The van der Waals surface area contributed by atoms with Gasteiger partial charge in [-0.1, -0.05) is 0 Å². The third-order valence-corrected chi connectivity index (χ3v) is 2.47. The molecule has 82 valence electrons. The number of hydrogen-bond acceptors (Lipinski definition) is 3. The molecule has 0 radical (unpaired) electrons. The maximum Gasteiger partial charge on any atom is 0.221 e. The number of carbonyl (C=O) groups excluding carboxylic acids is 1. The van der Waals surface area contributed by atoms with Crippen LogP contribution in [0.4, 0.5) is 0 Å². The van der Waals surface area contributed by atoms with E-state index in [1.807, 2.05) is 13.8 Å². The fourth-order valence-electron chi connectivity index (χ4n) is 1.70. The molecule has 1 rings (SSSR count). The van der Waals surface area contributed by atoms with Gasteiger partial charge in [-0.05, 0) is 26.7 Å². The quantitative estimate of drug-likeness (QED) is 0.601. The number of amides is 1. The molecule has 0 aromatic rings. The molecule has 0 spiro atoms. The predicted molar refractivity (Wildman–Crippen MR) is 54.9 cm³/mol. The molecular weight excluding hydrogens is 180 g/mol. The summed E-state index contributed by atoms with van der Waals surface area (Å²) < 4.78 is 0. The second-order valence-electron chi connectivity index (χ2n) is 4.58. The van der Waals surface area contributed by atoms with Gasteiger partial charge in [0.05, 0.1) is 6.61 Å². The van der Waals surface area contributed by atoms with Crippen molar-refractivity contribution in [3.63, 3.8) is 0 Å². The zero-order valence-corrected chi connectivity index (χ0v) is 8.97. The Morgan fingerprint density at radius 2 is 2.36 bits per heavy atom. The minimum absolute atomic E-state index is 0.0884. The van der Waals surface area contributed by atoms with Crippen molar-refractivity contribution in [2.45, 2.75) is 44.7 Å². The van der Waals surface area contributed by atoms with Crippen LogP contribution in [0.2, 0.25) is 0 Å². The van der Waals surface area contributed by atoms with Gasteiger partial charge in [0.15, 0.2) is 0 Å². The molecule has 0 aliphatic carbocycles. The first kappa shape index (κ1) is 11.5. The van der Waals surface area contributed by atoms with E-state index in [-0.39, 0.29) is 24.1 Å². The molecule has 0 aromatic carbocycles. The fourth-order valence-corrected chi connectivity index (χ4v) is 1.70. The summed E-state index contributed by atoms with van der Waals surface area (Å²) in [6.07, 6.45) is 2.51. The molecule has 1 saturated heterocycles. The second kappa shape index (κ2) is 4.75. The minimum Gasteiger partial charge on any atom is -0.394 e. The first-order valence-corrected chi connectivity index (χ1v) is 5.19. The normalized spacial score (nSPS) is 24.2. The molecule has 0 bridgehead atoms. The van der Waals surface area contributed by atoms with Crippen molar-refractivity contribution in [3.05, 3.63) is 0 Å². The van der Waals surface area contributed by atoms with Gasteiger partial charge in [-0.3, -0.25) is 4.79 Å². The van der Waals surface area contributed by atoms with Crippen LogP contribution in [-0.4, -0.2) is 35.7 Å². The van der Waals surface area contributed by atoms with E-state index in [2.05, 4.69) is 10.6 Å². The first-order valence-electron chi connectivity index (χ1n) is 5.19. The monoisotopic (exact) mass is 200 g/mol. The fraction of sp³-hybridized carbons (Fsp3) is 0.900. The summed E-state index contributed by atoms with van der Waals surface area (Å²) in [4.78, 5) is 11.3. The van der Waals surface area contributed by atoms with E-state index in [1.165, 1.54) is 0 Å². The first-order chi connectivity index (χ1) is 6.53. The summed E-state index contributed by atoms with van der Waals surface area (Å²) >= 11 is 0. The Morgan fingerprint density at radius 1 is 1.64 bits per heavy atom. The van der Waals surface area contributed by atoms with Crippen LogP contribution in [0.1, 0.15) is 33.1 Å². The number of nitrogens with one attached hydrogen (secondary N) is 2. The molecule has 1 heterocycles. The molecular formula is C10H20N2O2. The van der Waals surface area contributed by atoms with Gasteiger partial charge >= 0.3 is 0 Å². The Kier molecular flexibility index (Phi) is 3.89. The van der Waals surface area contributed by atoms with Crippen LogP contribution in [0.25, 0.3) is 0 Å². The van der Waals surface area contributed by atoms with Crippen molar-refractivity contribution < 1.29 is 9.90 Å². The van der Waals surface area contributed by atoms with Gasteiger partial charge in [0.1, 0.15) is 0 Å². The lowest BCUT2D eigenvalue weighted by Crippen LogP contribution is -2.49. The summed E-state index contributed by atoms with van der Waals surface area (Å²) in [6, 6.07) is 0.194. The average molecular weight is 200 g/mol. The standard InChI is InChI=1S/C10H20N2O2/c1-10(2,7-13)12-8-4-3-5-11-9(14)6-8/h8,12-13H,3-7H2,1-2H3,(H,11,14). The van der Waals surface area contributed by atoms with Gasteiger partial charge in [0, 0.05) is 24.5 Å². The molecule has 4 nitrogen and oxygen atoms in total. The molecule has 1 amide bonds. The minimum atomic E-state index is -0.296. The third-order valence-electron chi connectivity index (χ3n) is 2.47. The van der Waals surface area contributed by atoms with E-state index in [9.17, 15) is 4.79 Å². The van der Waals surface area contributed by atoms with Gasteiger partial charge in [-0.25, -0.2) is 0 Å². The molecule has 1 atom stereocenters. The van der Waals surface area contributed by atoms with E-state index in [1.54, 1.807) is 0 Å². The molecule has 0 saturated carbocycles. The lowest BCUT2D eigenvalue weighted by atomic mass is 10.0. The van der Waals surface area contributed by atoms with Crippen LogP contribution in [0, 0.1) is 0 Å². The Bertz CT molecular complexity index is 204. The van der Waals surface area contributed by atoms with Gasteiger partial charge in [0.25, 0.3) is 0 Å². The van der Waals surface area contributed by atoms with Gasteiger partial charge in [-0.15, -0.1) is 0 Å². The van der Waals surface area contributed by atoms with Crippen molar-refractivity contribution in [2.24, 2.45) is 0 Å². The van der Waals surface area contributed by atoms with Crippen LogP contribution in [0.5, 0.6) is 0 Å². The molecule has 14 heavy (non-hydrogen) atoms. The van der Waals surface area contributed by atoms with E-state index < -0.39 is 0 Å². The van der Waals surface area contributed by atoms with Gasteiger partial charge in [0.2, 0.25) is 5.91 Å². The smallest absolute Gasteiger partial charge is 0.221 e. The summed E-state index contributed by atoms with van der Waals surface area (Å²) in [5, 5.41) is 15.2. The molecule has 4 heteroatoms. The lowest BCUT2D eigenvalue weighted by molar-refractivity contribution is -0.121. The zero-order valence-electron chi connectivity index (χ0n) is 8.97. The van der Waals surface area contributed by atoms with E-state index in [0.29, 0.717) is 6.42 Å². The van der Waals surface area contributed by atoms with Crippen LogP contribution < -0.4 is 10.6 Å². The summed E-state index contributed by atoms with van der Waals surface area (Å²) in [5.41, 5.74) is -0.296. The highest BCUT2D eigenvalue weighted by atomic mass is 16.3. The molecule has 1 unspecified atom stereocenters. The number of hydrogen-bond donors (Lipinski definition) is 3. The second-order valence-corrected chi connectivity index (χ2v) is 4.58. The van der Waals surface area contributed by atoms with E-state index >= 15 is 0 Å². The number of rotatable bonds is 3. The SMILES string of the molecule is CC(C)(CO)NC1CCCNC(=O)C1. The molecule has 1 aliphatic heterocycles. The predicted octanol–water partition coefficient (Wildman–Crippen LogP) is 0.0156. The maximum atomic E-state index is 11.3. The molecule has 1 aliphatic rings. The van der Waals surface area contributed by atoms with Crippen molar-refractivity contribution >= 4 is 5.91 Å². The number of aliphatic hydroxyl groups excluding tert-OH is 1. The Labute approximate surface area is 85.1 Å². The van der Waals surface area contributed by atoms with Crippen molar-refractivity contribution in [1.82, 2.24) is 10.6 Å². The van der Waals surface area contributed by atoms with E-state index in [4.69, 9.17) is 5.11 Å². The van der Waals surface area contributed by atoms with Crippen LogP contribution in [0.15, 0.2) is 0 Å². The topological polar surface area (TPSA) is 61.4 Å². The van der Waals surface area contributed by atoms with Gasteiger partial charge in [-0.2, -0.15) is 0 Å². The Hall–Kier alpha value is -0.610. The van der Waals surface area contributed by atoms with Crippen molar-refractivity contribution in [2.75, 3.05) is 13.2 Å². The zero-order chi connectivity index (χ0) is 10.6. The summed E-state index contributed by atoms with van der Waals surface area (Å²) in [5.74, 6) is 0.105. The maximum absolute atomic E-state index is 11.3. The Balaban J connectivity index is 2.46. The highest BCUT2D eigenvalue weighted by Crippen LogP contribution is 2.11. The molecule has 1 fully saturated rings. The van der Waals surface area contributed by atoms with Crippen LogP contribution in [0.3, 0.4) is 0 Å². The van der Waals surface area contributed by atoms with Crippen LogP contribution >= 0.6 is 0 Å². The highest BCUT2D eigenvalue weighted by molar-refractivity contribution is 5.76. The Morgan fingerprint density at radius 3 is 3.00 bits per heavy atom. The summed E-state index contributed by atoms with van der Waals surface area (Å²) in [7, 11) is 0. The van der Waals surface area contributed by atoms with Crippen molar-refractivity contribution in [1.29, 1.82) is 0 Å². The molecule has 0 aromatic heterocycles. The largest absolute Gasteiger partial charge is 0.394 e. The van der Waals surface area contributed by atoms with Gasteiger partial charge < -0.3 is 15.7 Å². The van der Waals surface area contributed by atoms with E-state index in [0.717, 1.165) is 19.4 Å².